The molecule has 13 nitrogen and oxygen atoms in total. The topological polar surface area (TPSA) is 153 Å². The Morgan fingerprint density at radius 3 is 1.81 bits per heavy atom. The molecule has 7 heterocycles. The van der Waals surface area contributed by atoms with Crippen LogP contribution < -0.4 is 25.6 Å². The second kappa shape index (κ2) is 13.6. The Kier molecular flexibility index (Phi) is 9.25. The largest absolute Gasteiger partial charge is 0.506 e. The molecule has 3 fully saturated rings. The van der Waals surface area contributed by atoms with Gasteiger partial charge in [-0.25, -0.2) is 9.59 Å². The minimum absolute atomic E-state index is 0.00619. The van der Waals surface area contributed by atoms with Crippen molar-refractivity contribution in [1.29, 1.82) is 0 Å². The molecule has 9 rings (SSSR count). The van der Waals surface area contributed by atoms with Gasteiger partial charge < -0.3 is 24.4 Å². The third kappa shape index (κ3) is 6.34. The van der Waals surface area contributed by atoms with E-state index in [1.807, 2.05) is 21.5 Å². The number of hydrogen-bond donors (Lipinski definition) is 2. The number of rotatable bonds is 5. The van der Waals surface area contributed by atoms with Crippen LogP contribution in [0.15, 0.2) is 58.4 Å². The summed E-state index contributed by atoms with van der Waals surface area (Å²) >= 11 is 12.7. The first-order valence-electron chi connectivity index (χ1n) is 18.9. The van der Waals surface area contributed by atoms with Crippen molar-refractivity contribution in [3.05, 3.63) is 102 Å². The van der Waals surface area contributed by atoms with Crippen molar-refractivity contribution in [1.82, 2.24) is 9.35 Å². The Morgan fingerprint density at radius 1 is 0.789 bits per heavy atom. The first-order chi connectivity index (χ1) is 26.8. The molecule has 300 valence electrons. The average molecular weight is 820 g/mol. The minimum Gasteiger partial charge on any atom is -0.506 e. The molecule has 3 saturated heterocycles. The van der Waals surface area contributed by atoms with Gasteiger partial charge in [0.15, 0.2) is 10.9 Å². The van der Waals surface area contributed by atoms with Crippen molar-refractivity contribution in [3.63, 3.8) is 0 Å². The normalized spacial score (nSPS) is 21.0. The molecule has 0 spiro atoms. The number of ether oxygens (including phenoxy) is 3. The molecule has 0 saturated carbocycles. The average Bonchev–Trinajstić information content (AvgIpc) is 3.64. The standard InChI is InChI=1S/C23H25ClN2O5.C19H19ClN2O4/c1-22(2)5-4-17-14-7-20(31-12-23(3)10-30-11-23)16(24)6-13(14)18-8-19(27)15(21(28)29)9-25(18)26(17)22;1-19(2)5-4-14-11-7-17(24)13(20)6-10(11)15-8-16(23)12(18(25)26-3)9-21(15)22(14)19/h6-9,17H,4-5,10-12H2,1-3H3,(H,28,29);6-9,14,24H,4-5H2,1-3H3/t17-;14-/m11/s1. The maximum atomic E-state index is 12.5. The highest BCUT2D eigenvalue weighted by atomic mass is 35.5. The van der Waals surface area contributed by atoms with Gasteiger partial charge in [0.2, 0.25) is 0 Å². The summed E-state index contributed by atoms with van der Waals surface area (Å²) in [4.78, 5) is 48.6. The maximum Gasteiger partial charge on any atom is 0.343 e. The number of aromatic nitrogens is 2. The summed E-state index contributed by atoms with van der Waals surface area (Å²) in [6, 6.07) is 10.1. The summed E-state index contributed by atoms with van der Waals surface area (Å²) in [5.74, 6) is -1.24. The third-order valence-corrected chi connectivity index (χ3v) is 12.6. The lowest BCUT2D eigenvalue weighted by atomic mass is 9.90. The molecule has 2 atom stereocenters. The number of carbonyl (C=O) groups excluding carboxylic acids is 1. The lowest BCUT2D eigenvalue weighted by Crippen LogP contribution is -2.50. The zero-order valence-electron chi connectivity index (χ0n) is 32.5. The van der Waals surface area contributed by atoms with E-state index in [0.717, 1.165) is 47.9 Å². The number of carboxylic acid groups (broad SMARTS) is 1. The van der Waals surface area contributed by atoms with E-state index in [1.54, 1.807) is 18.3 Å². The van der Waals surface area contributed by atoms with E-state index in [1.165, 1.54) is 25.4 Å². The molecule has 5 aliphatic rings. The zero-order chi connectivity index (χ0) is 40.9. The summed E-state index contributed by atoms with van der Waals surface area (Å²) in [6.45, 7) is 12.5. The number of benzene rings is 2. The van der Waals surface area contributed by atoms with Crippen molar-refractivity contribution in [2.75, 3.05) is 36.9 Å². The fourth-order valence-electron chi connectivity index (χ4n) is 9.02. The van der Waals surface area contributed by atoms with Crippen LogP contribution in [-0.4, -0.2) is 69.5 Å². The number of phenolic OH excluding ortho intramolecular Hbond substituents is 1. The van der Waals surface area contributed by atoms with Crippen molar-refractivity contribution < 1.29 is 34.0 Å². The van der Waals surface area contributed by atoms with Gasteiger partial charge in [-0.05, 0) is 88.8 Å². The third-order valence-electron chi connectivity index (χ3n) is 12.0. The van der Waals surface area contributed by atoms with Crippen LogP contribution in [0.4, 0.5) is 0 Å². The molecule has 4 aromatic rings. The number of fused-ring (bicyclic) bond motifs is 12. The number of esters is 1. The summed E-state index contributed by atoms with van der Waals surface area (Å²) in [5, 5.41) is 24.6. The molecule has 0 bridgehead atoms. The SMILES string of the molecule is CC1(COc2cc3c(cc2Cl)-c2cc(=O)c(C(=O)O)cn2N2[C@@H]3CCC2(C)C)COC1.COC(=O)c1cn2c(cc1=O)-c1cc(Cl)c(O)cc1[C@H]1CCC(C)(C)N12. The summed E-state index contributed by atoms with van der Waals surface area (Å²) in [7, 11) is 1.26. The summed E-state index contributed by atoms with van der Waals surface area (Å²) < 4.78 is 19.8. The minimum atomic E-state index is -1.23. The number of halogens is 2. The van der Waals surface area contributed by atoms with Gasteiger partial charge in [-0.15, -0.1) is 0 Å². The van der Waals surface area contributed by atoms with E-state index in [0.29, 0.717) is 42.0 Å². The van der Waals surface area contributed by atoms with Gasteiger partial charge in [0.1, 0.15) is 22.6 Å². The number of hydrogen-bond acceptors (Lipinski definition) is 10. The molecule has 5 aliphatic heterocycles. The van der Waals surface area contributed by atoms with Gasteiger partial charge in [0.25, 0.3) is 0 Å². The summed E-state index contributed by atoms with van der Waals surface area (Å²) in [5.41, 5.74) is 3.32. The molecule has 2 aromatic carbocycles. The van der Waals surface area contributed by atoms with Crippen LogP contribution in [0.3, 0.4) is 0 Å². The van der Waals surface area contributed by atoms with Crippen LogP contribution in [0.5, 0.6) is 11.5 Å². The van der Waals surface area contributed by atoms with E-state index < -0.39 is 22.8 Å². The highest BCUT2D eigenvalue weighted by Gasteiger charge is 2.47. The predicted octanol–water partition coefficient (Wildman–Crippen LogP) is 7.07. The highest BCUT2D eigenvalue weighted by Crippen LogP contribution is 2.51. The molecule has 2 aromatic heterocycles. The number of nitrogens with zero attached hydrogens (tertiary/aromatic N) is 4. The van der Waals surface area contributed by atoms with Gasteiger partial charge in [0.05, 0.1) is 71.5 Å². The van der Waals surface area contributed by atoms with Gasteiger partial charge in [-0.1, -0.05) is 30.1 Å². The van der Waals surface area contributed by atoms with Gasteiger partial charge in [0, 0.05) is 41.1 Å². The summed E-state index contributed by atoms with van der Waals surface area (Å²) in [6.07, 6.45) is 6.64. The molecular weight excluding hydrogens is 775 g/mol. The fourth-order valence-corrected chi connectivity index (χ4v) is 9.41. The molecule has 15 heteroatoms. The number of carbonyl (C=O) groups is 2. The van der Waals surface area contributed by atoms with Crippen LogP contribution in [0, 0.1) is 5.41 Å². The van der Waals surface area contributed by atoms with Crippen LogP contribution in [0.2, 0.25) is 10.0 Å². The van der Waals surface area contributed by atoms with Crippen molar-refractivity contribution in [3.8, 4) is 34.0 Å². The lowest BCUT2D eigenvalue weighted by Gasteiger charge is -2.44. The van der Waals surface area contributed by atoms with E-state index in [9.17, 15) is 29.4 Å². The van der Waals surface area contributed by atoms with Crippen molar-refractivity contribution in [2.45, 2.75) is 83.5 Å². The number of aromatic hydroxyl groups is 1. The quantitative estimate of drug-likeness (QED) is 0.199. The number of carboxylic acids is 1. The Bertz CT molecular complexity index is 2490. The second-order valence-corrected chi connectivity index (χ2v) is 17.9. The first kappa shape index (κ1) is 38.9. The van der Waals surface area contributed by atoms with Crippen LogP contribution >= 0.6 is 23.2 Å². The number of methoxy groups -OCH3 is 1. The predicted molar refractivity (Wildman–Crippen MR) is 215 cm³/mol. The molecule has 0 aliphatic carbocycles. The van der Waals surface area contributed by atoms with Crippen molar-refractivity contribution >= 4 is 35.1 Å². The van der Waals surface area contributed by atoms with E-state index >= 15 is 0 Å². The molecule has 2 N–H and O–H groups in total. The fraction of sp³-hybridized carbons (Fsp3) is 0.429. The van der Waals surface area contributed by atoms with E-state index in [2.05, 4.69) is 44.6 Å². The Morgan fingerprint density at radius 2 is 1.30 bits per heavy atom. The lowest BCUT2D eigenvalue weighted by molar-refractivity contribution is -0.120. The zero-order valence-corrected chi connectivity index (χ0v) is 34.0. The van der Waals surface area contributed by atoms with Crippen molar-refractivity contribution in [2.24, 2.45) is 5.41 Å². The van der Waals surface area contributed by atoms with Crippen LogP contribution in [0.25, 0.3) is 22.5 Å². The molecule has 0 unspecified atom stereocenters. The van der Waals surface area contributed by atoms with Gasteiger partial charge >= 0.3 is 11.9 Å². The number of phenols is 1. The van der Waals surface area contributed by atoms with Crippen LogP contribution in [-0.2, 0) is 9.47 Å². The van der Waals surface area contributed by atoms with Gasteiger partial charge in [-0.2, -0.15) is 0 Å². The Balaban J connectivity index is 0.000000162. The van der Waals surface area contributed by atoms with E-state index in [-0.39, 0.29) is 50.5 Å². The highest BCUT2D eigenvalue weighted by molar-refractivity contribution is 6.32. The molecular formula is C42H44Cl2N4O9. The molecule has 0 radical (unpaired) electrons. The molecule has 57 heavy (non-hydrogen) atoms. The van der Waals surface area contributed by atoms with Crippen LogP contribution in [0.1, 0.15) is 104 Å². The number of pyridine rings is 2. The van der Waals surface area contributed by atoms with E-state index in [4.69, 9.17) is 37.4 Å². The Labute approximate surface area is 338 Å². The Hall–Kier alpha value is -4.98. The smallest absolute Gasteiger partial charge is 0.343 e. The molecule has 0 amide bonds. The van der Waals surface area contributed by atoms with Gasteiger partial charge in [-0.3, -0.25) is 29.0 Å². The second-order valence-electron chi connectivity index (χ2n) is 17.1. The first-order valence-corrected chi connectivity index (χ1v) is 19.6. The monoisotopic (exact) mass is 818 g/mol. The maximum absolute atomic E-state index is 12.5. The number of aromatic carboxylic acids is 1.